The van der Waals surface area contributed by atoms with Crippen LogP contribution in [0.1, 0.15) is 35.3 Å². The summed E-state index contributed by atoms with van der Waals surface area (Å²) in [5.41, 5.74) is 5.11. The molecule has 0 aliphatic rings. The van der Waals surface area contributed by atoms with Crippen LogP contribution in [0.25, 0.3) is 0 Å². The monoisotopic (exact) mass is 385 g/mol. The molecule has 4 heteroatoms. The van der Waals surface area contributed by atoms with Crippen LogP contribution >= 0.6 is 0 Å². The molecule has 1 N–H and O–H groups in total. The van der Waals surface area contributed by atoms with Crippen molar-refractivity contribution in [3.05, 3.63) is 114 Å². The number of nitrogens with one attached hydrogen (secondary N) is 1. The molecule has 0 atom stereocenters. The summed E-state index contributed by atoms with van der Waals surface area (Å²) in [5, 5.41) is 2.91. The minimum Gasteiger partial charge on any atom is -0.345 e. The van der Waals surface area contributed by atoms with E-state index in [2.05, 4.69) is 59.4 Å². The quantitative estimate of drug-likeness (QED) is 0.437. The van der Waals surface area contributed by atoms with E-state index in [4.69, 9.17) is 4.98 Å². The summed E-state index contributed by atoms with van der Waals surface area (Å²) in [6.45, 7) is 10.3. The van der Waals surface area contributed by atoms with E-state index in [0.717, 1.165) is 30.1 Å². The molecule has 0 unspecified atom stereocenters. The second-order valence-electron chi connectivity index (χ2n) is 7.11. The van der Waals surface area contributed by atoms with Crippen LogP contribution in [0.4, 0.5) is 0 Å². The fourth-order valence-electron chi connectivity index (χ4n) is 3.30. The van der Waals surface area contributed by atoms with Gasteiger partial charge >= 0.3 is 0 Å². The average Bonchev–Trinajstić information content (AvgIpc) is 3.04. The van der Waals surface area contributed by atoms with Gasteiger partial charge in [0.05, 0.1) is 12.2 Å². The maximum absolute atomic E-state index is 12.0. The van der Waals surface area contributed by atoms with Crippen LogP contribution in [0.15, 0.2) is 85.5 Å². The van der Waals surface area contributed by atoms with Gasteiger partial charge in [-0.25, -0.2) is 4.98 Å². The molecule has 0 bridgehead atoms. The van der Waals surface area contributed by atoms with Crippen molar-refractivity contribution in [2.24, 2.45) is 0 Å². The lowest BCUT2D eigenvalue weighted by Crippen LogP contribution is -2.25. The highest BCUT2D eigenvalue weighted by Crippen LogP contribution is 2.20. The molecule has 0 aliphatic heterocycles. The lowest BCUT2D eigenvalue weighted by atomic mass is 10.0. The Morgan fingerprint density at radius 3 is 2.17 bits per heavy atom. The van der Waals surface area contributed by atoms with E-state index < -0.39 is 0 Å². The summed E-state index contributed by atoms with van der Waals surface area (Å²) in [4.78, 5) is 16.9. The van der Waals surface area contributed by atoms with Gasteiger partial charge in [-0.05, 0) is 18.1 Å². The van der Waals surface area contributed by atoms with E-state index in [1.54, 1.807) is 6.92 Å². The number of hydrogen-bond donors (Lipinski definition) is 1. The zero-order chi connectivity index (χ0) is 20.6. The molecule has 0 aliphatic carbocycles. The van der Waals surface area contributed by atoms with Gasteiger partial charge in [-0.1, -0.05) is 73.3 Å². The summed E-state index contributed by atoms with van der Waals surface area (Å²) >= 11 is 0. The van der Waals surface area contributed by atoms with E-state index in [-0.39, 0.29) is 5.91 Å². The normalized spacial score (nSPS) is 10.5. The molecule has 0 radical (unpaired) electrons. The number of hydrogen-bond acceptors (Lipinski definition) is 2. The summed E-state index contributed by atoms with van der Waals surface area (Å²) in [6.07, 6.45) is 3.39. The van der Waals surface area contributed by atoms with Gasteiger partial charge in [0.1, 0.15) is 5.82 Å². The van der Waals surface area contributed by atoms with Gasteiger partial charge in [-0.15, -0.1) is 6.58 Å². The molecular weight excluding hydrogens is 358 g/mol. The first-order chi connectivity index (χ1) is 14.1. The molecular formula is C25H27N3O. The van der Waals surface area contributed by atoms with Crippen LogP contribution in [-0.4, -0.2) is 15.5 Å². The predicted octanol–water partition coefficient (Wildman–Crippen LogP) is 4.44. The molecule has 29 heavy (non-hydrogen) atoms. The van der Waals surface area contributed by atoms with Crippen molar-refractivity contribution in [3.63, 3.8) is 0 Å². The molecule has 148 valence electrons. The molecule has 0 fully saturated rings. The largest absolute Gasteiger partial charge is 0.345 e. The number of benzene rings is 2. The number of nitrogens with zero attached hydrogens (tertiary/aromatic N) is 2. The Hall–Kier alpha value is -3.40. The van der Waals surface area contributed by atoms with Gasteiger partial charge in [0.25, 0.3) is 0 Å². The van der Waals surface area contributed by atoms with Crippen LogP contribution in [0.5, 0.6) is 0 Å². The van der Waals surface area contributed by atoms with E-state index >= 15 is 0 Å². The number of amides is 1. The average molecular weight is 386 g/mol. The molecule has 3 rings (SSSR count). The first-order valence-electron chi connectivity index (χ1n) is 9.78. The Labute approximate surface area is 172 Å². The highest BCUT2D eigenvalue weighted by molar-refractivity contribution is 5.91. The molecule has 3 aromatic rings. The van der Waals surface area contributed by atoms with Gasteiger partial charge < -0.3 is 9.88 Å². The molecule has 0 spiro atoms. The van der Waals surface area contributed by atoms with Crippen LogP contribution < -0.4 is 5.32 Å². The number of carbonyl (C=O) groups excluding carboxylic acids is 1. The Balaban J connectivity index is 1.99. The van der Waals surface area contributed by atoms with Crippen molar-refractivity contribution >= 4 is 5.91 Å². The Kier molecular flexibility index (Phi) is 6.80. The fourth-order valence-corrected chi connectivity index (χ4v) is 3.30. The molecule has 1 amide bonds. The zero-order valence-corrected chi connectivity index (χ0v) is 16.9. The predicted molar refractivity (Wildman–Crippen MR) is 118 cm³/mol. The molecule has 0 saturated carbocycles. The standard InChI is InChI=1S/C25H27N3O/c1-4-15-28-23(17-21-13-9-6-10-14-21)22(16-20-11-7-5-8-12-20)27-24(28)18-26-25(29)19(2)3/h4-14H,1-2,15-18H2,3H3,(H,26,29). The maximum atomic E-state index is 12.0. The van der Waals surface area contributed by atoms with E-state index in [1.165, 1.54) is 11.1 Å². The SMILES string of the molecule is C=CCn1c(CNC(=O)C(=C)C)nc(Cc2ccccc2)c1Cc1ccccc1. The Morgan fingerprint density at radius 1 is 1.03 bits per heavy atom. The van der Waals surface area contributed by atoms with Crippen LogP contribution in [0, 0.1) is 0 Å². The van der Waals surface area contributed by atoms with Crippen molar-refractivity contribution in [3.8, 4) is 0 Å². The maximum Gasteiger partial charge on any atom is 0.246 e. The lowest BCUT2D eigenvalue weighted by molar-refractivity contribution is -0.117. The number of carbonyl (C=O) groups is 1. The first-order valence-corrected chi connectivity index (χ1v) is 9.78. The van der Waals surface area contributed by atoms with E-state index in [1.807, 2.05) is 30.3 Å². The highest BCUT2D eigenvalue weighted by Gasteiger charge is 2.18. The van der Waals surface area contributed by atoms with Gasteiger partial charge in [0.15, 0.2) is 0 Å². The molecule has 2 aromatic carbocycles. The van der Waals surface area contributed by atoms with Crippen molar-refractivity contribution in [2.75, 3.05) is 0 Å². The fraction of sp³-hybridized carbons (Fsp3) is 0.200. The van der Waals surface area contributed by atoms with Gasteiger partial charge in [-0.3, -0.25) is 4.79 Å². The number of rotatable bonds is 9. The molecule has 4 nitrogen and oxygen atoms in total. The summed E-state index contributed by atoms with van der Waals surface area (Å²) in [7, 11) is 0. The van der Waals surface area contributed by atoms with Crippen molar-refractivity contribution < 1.29 is 4.79 Å². The number of imidazole rings is 1. The summed E-state index contributed by atoms with van der Waals surface area (Å²) in [6, 6.07) is 20.7. The van der Waals surface area contributed by atoms with Crippen LogP contribution in [0.3, 0.4) is 0 Å². The third-order valence-corrected chi connectivity index (χ3v) is 4.77. The Bertz CT molecular complexity index is 988. The summed E-state index contributed by atoms with van der Waals surface area (Å²) < 4.78 is 2.16. The van der Waals surface area contributed by atoms with Crippen molar-refractivity contribution in [1.82, 2.24) is 14.9 Å². The van der Waals surface area contributed by atoms with Gasteiger partial charge in [-0.2, -0.15) is 0 Å². The topological polar surface area (TPSA) is 46.9 Å². The van der Waals surface area contributed by atoms with Gasteiger partial charge in [0.2, 0.25) is 5.91 Å². The molecule has 1 aromatic heterocycles. The van der Waals surface area contributed by atoms with Gasteiger partial charge in [0, 0.05) is 30.7 Å². The minimum absolute atomic E-state index is 0.160. The van der Waals surface area contributed by atoms with Crippen molar-refractivity contribution in [2.45, 2.75) is 32.9 Å². The van der Waals surface area contributed by atoms with Crippen LogP contribution in [0.2, 0.25) is 0 Å². The van der Waals surface area contributed by atoms with E-state index in [0.29, 0.717) is 18.7 Å². The third kappa shape index (κ3) is 5.32. The first kappa shape index (κ1) is 20.3. The second-order valence-corrected chi connectivity index (χ2v) is 7.11. The smallest absolute Gasteiger partial charge is 0.246 e. The van der Waals surface area contributed by atoms with Crippen LogP contribution in [-0.2, 0) is 30.7 Å². The van der Waals surface area contributed by atoms with E-state index in [9.17, 15) is 4.79 Å². The Morgan fingerprint density at radius 2 is 1.62 bits per heavy atom. The third-order valence-electron chi connectivity index (χ3n) is 4.77. The minimum atomic E-state index is -0.160. The molecule has 0 saturated heterocycles. The second kappa shape index (κ2) is 9.69. The number of aromatic nitrogens is 2. The van der Waals surface area contributed by atoms with Crippen molar-refractivity contribution in [1.29, 1.82) is 0 Å². The molecule has 1 heterocycles. The lowest BCUT2D eigenvalue weighted by Gasteiger charge is -2.12. The number of allylic oxidation sites excluding steroid dienone is 1. The zero-order valence-electron chi connectivity index (χ0n) is 16.9. The summed E-state index contributed by atoms with van der Waals surface area (Å²) in [5.74, 6) is 0.670. The highest BCUT2D eigenvalue weighted by atomic mass is 16.1.